The van der Waals surface area contributed by atoms with Gasteiger partial charge in [-0.25, -0.2) is 0 Å². The second kappa shape index (κ2) is 5.57. The fourth-order valence-electron chi connectivity index (χ4n) is 2.83. The van der Waals surface area contributed by atoms with Gasteiger partial charge in [-0.2, -0.15) is 0 Å². The van der Waals surface area contributed by atoms with Crippen molar-refractivity contribution in [1.82, 2.24) is 0 Å². The van der Waals surface area contributed by atoms with Crippen LogP contribution in [0.5, 0.6) is 0 Å². The maximum Gasteiger partial charge on any atom is 0.229 e. The van der Waals surface area contributed by atoms with Crippen molar-refractivity contribution in [2.24, 2.45) is 11.7 Å². The highest BCUT2D eigenvalue weighted by molar-refractivity contribution is 5.94. The Balaban J connectivity index is 2.09. The Kier molecular flexibility index (Phi) is 4.19. The highest BCUT2D eigenvalue weighted by atomic mass is 16.2. The van der Waals surface area contributed by atoms with E-state index in [4.69, 9.17) is 5.73 Å². The SMILES string of the molecule is CN(C(=O)C1CCC(N)C1)c1ccc(C(C)(C)C)cc1. The van der Waals surface area contributed by atoms with Crippen molar-refractivity contribution in [3.8, 4) is 0 Å². The molecule has 1 aliphatic rings. The molecule has 0 spiro atoms. The third-order valence-corrected chi connectivity index (χ3v) is 4.27. The topological polar surface area (TPSA) is 46.3 Å². The number of carbonyl (C=O) groups excluding carboxylic acids is 1. The van der Waals surface area contributed by atoms with Gasteiger partial charge in [0.25, 0.3) is 0 Å². The first-order chi connectivity index (χ1) is 9.29. The summed E-state index contributed by atoms with van der Waals surface area (Å²) in [5.41, 5.74) is 8.28. The smallest absolute Gasteiger partial charge is 0.229 e. The molecule has 1 amide bonds. The predicted octanol–water partition coefficient (Wildman–Crippen LogP) is 3.07. The number of amides is 1. The van der Waals surface area contributed by atoms with E-state index < -0.39 is 0 Å². The molecule has 0 saturated heterocycles. The van der Waals surface area contributed by atoms with Crippen LogP contribution in [-0.2, 0) is 10.2 Å². The van der Waals surface area contributed by atoms with Crippen molar-refractivity contribution in [1.29, 1.82) is 0 Å². The molecule has 2 N–H and O–H groups in total. The average molecular weight is 274 g/mol. The van der Waals surface area contributed by atoms with Crippen LogP contribution in [0.15, 0.2) is 24.3 Å². The zero-order valence-electron chi connectivity index (χ0n) is 13.0. The fourth-order valence-corrected chi connectivity index (χ4v) is 2.83. The standard InChI is InChI=1S/C17H26N2O/c1-17(2,3)13-6-9-15(10-7-13)19(4)16(20)12-5-8-14(18)11-12/h6-7,9-10,12,14H,5,8,11,18H2,1-4H3. The maximum absolute atomic E-state index is 12.4. The van der Waals surface area contributed by atoms with Gasteiger partial charge >= 0.3 is 0 Å². The first-order valence-corrected chi connectivity index (χ1v) is 7.42. The lowest BCUT2D eigenvalue weighted by Crippen LogP contribution is -2.32. The normalized spacial score (nSPS) is 22.9. The minimum atomic E-state index is 0.0947. The van der Waals surface area contributed by atoms with Gasteiger partial charge in [0, 0.05) is 24.7 Å². The van der Waals surface area contributed by atoms with Gasteiger partial charge in [0.05, 0.1) is 0 Å². The van der Waals surface area contributed by atoms with E-state index in [2.05, 4.69) is 32.9 Å². The summed E-state index contributed by atoms with van der Waals surface area (Å²) in [5.74, 6) is 0.291. The molecule has 1 aliphatic carbocycles. The second-order valence-electron chi connectivity index (χ2n) is 6.96. The van der Waals surface area contributed by atoms with Crippen molar-refractivity contribution in [3.63, 3.8) is 0 Å². The lowest BCUT2D eigenvalue weighted by molar-refractivity contribution is -0.121. The van der Waals surface area contributed by atoms with E-state index in [0.717, 1.165) is 24.9 Å². The van der Waals surface area contributed by atoms with Crippen LogP contribution in [0.1, 0.15) is 45.6 Å². The Labute approximate surface area is 122 Å². The van der Waals surface area contributed by atoms with Crippen molar-refractivity contribution in [2.75, 3.05) is 11.9 Å². The van der Waals surface area contributed by atoms with Gasteiger partial charge in [-0.15, -0.1) is 0 Å². The Morgan fingerprint density at radius 2 is 1.80 bits per heavy atom. The summed E-state index contributed by atoms with van der Waals surface area (Å²) in [6.07, 6.45) is 2.71. The highest BCUT2D eigenvalue weighted by Crippen LogP contribution is 2.29. The number of anilines is 1. The molecule has 0 aliphatic heterocycles. The predicted molar refractivity (Wildman–Crippen MR) is 83.9 cm³/mol. The van der Waals surface area contributed by atoms with Gasteiger partial charge in [-0.1, -0.05) is 32.9 Å². The van der Waals surface area contributed by atoms with E-state index in [1.807, 2.05) is 19.2 Å². The van der Waals surface area contributed by atoms with E-state index in [1.165, 1.54) is 5.56 Å². The van der Waals surface area contributed by atoms with Gasteiger partial charge in [-0.05, 0) is 42.4 Å². The zero-order chi connectivity index (χ0) is 14.9. The molecule has 2 atom stereocenters. The molecule has 1 aromatic rings. The second-order valence-corrected chi connectivity index (χ2v) is 6.96. The Morgan fingerprint density at radius 1 is 1.20 bits per heavy atom. The number of rotatable bonds is 2. The molecule has 0 bridgehead atoms. The van der Waals surface area contributed by atoms with Gasteiger partial charge in [0.15, 0.2) is 0 Å². The van der Waals surface area contributed by atoms with Gasteiger partial charge in [0.2, 0.25) is 5.91 Å². The number of hydrogen-bond acceptors (Lipinski definition) is 2. The monoisotopic (exact) mass is 274 g/mol. The molecule has 0 heterocycles. The minimum absolute atomic E-state index is 0.0947. The van der Waals surface area contributed by atoms with E-state index in [1.54, 1.807) is 4.90 Å². The van der Waals surface area contributed by atoms with Crippen LogP contribution in [0.2, 0.25) is 0 Å². The highest BCUT2D eigenvalue weighted by Gasteiger charge is 2.30. The molecule has 2 unspecified atom stereocenters. The summed E-state index contributed by atoms with van der Waals surface area (Å²) in [5, 5.41) is 0. The van der Waals surface area contributed by atoms with Crippen molar-refractivity contribution < 1.29 is 4.79 Å². The third-order valence-electron chi connectivity index (χ3n) is 4.27. The van der Waals surface area contributed by atoms with Gasteiger partial charge in [-0.3, -0.25) is 4.79 Å². The zero-order valence-corrected chi connectivity index (χ0v) is 13.0. The van der Waals surface area contributed by atoms with E-state index >= 15 is 0 Å². The van der Waals surface area contributed by atoms with E-state index in [0.29, 0.717) is 0 Å². The molecule has 3 heteroatoms. The maximum atomic E-state index is 12.4. The summed E-state index contributed by atoms with van der Waals surface area (Å²) in [6.45, 7) is 6.57. The van der Waals surface area contributed by atoms with Crippen molar-refractivity contribution >= 4 is 11.6 Å². The largest absolute Gasteiger partial charge is 0.328 e. The lowest BCUT2D eigenvalue weighted by Gasteiger charge is -2.23. The average Bonchev–Trinajstić information content (AvgIpc) is 2.83. The van der Waals surface area contributed by atoms with E-state index in [-0.39, 0.29) is 23.3 Å². The number of nitrogens with zero attached hydrogens (tertiary/aromatic N) is 1. The molecule has 20 heavy (non-hydrogen) atoms. The summed E-state index contributed by atoms with van der Waals surface area (Å²) >= 11 is 0. The molecule has 3 nitrogen and oxygen atoms in total. The number of benzene rings is 1. The molecule has 110 valence electrons. The quantitative estimate of drug-likeness (QED) is 0.901. The lowest BCUT2D eigenvalue weighted by atomic mass is 9.87. The first-order valence-electron chi connectivity index (χ1n) is 7.42. The van der Waals surface area contributed by atoms with E-state index in [9.17, 15) is 4.79 Å². The summed E-state index contributed by atoms with van der Waals surface area (Å²) in [7, 11) is 1.86. The molecule has 1 aromatic carbocycles. The van der Waals surface area contributed by atoms with Crippen LogP contribution in [0.3, 0.4) is 0 Å². The fraction of sp³-hybridized carbons (Fsp3) is 0.588. The Hall–Kier alpha value is -1.35. The van der Waals surface area contributed by atoms with Crippen molar-refractivity contribution in [2.45, 2.75) is 51.5 Å². The van der Waals surface area contributed by atoms with Crippen LogP contribution in [0.25, 0.3) is 0 Å². The van der Waals surface area contributed by atoms with Crippen molar-refractivity contribution in [3.05, 3.63) is 29.8 Å². The summed E-state index contributed by atoms with van der Waals surface area (Å²) in [4.78, 5) is 14.2. The summed E-state index contributed by atoms with van der Waals surface area (Å²) < 4.78 is 0. The van der Waals surface area contributed by atoms with Crippen LogP contribution in [0, 0.1) is 5.92 Å². The Bertz CT molecular complexity index is 473. The van der Waals surface area contributed by atoms with Gasteiger partial charge in [0.1, 0.15) is 0 Å². The molecule has 1 fully saturated rings. The van der Waals surface area contributed by atoms with Crippen LogP contribution in [-0.4, -0.2) is 19.0 Å². The minimum Gasteiger partial charge on any atom is -0.328 e. The summed E-state index contributed by atoms with van der Waals surface area (Å²) in [6, 6.07) is 8.49. The number of carbonyl (C=O) groups is 1. The molecule has 0 radical (unpaired) electrons. The first kappa shape index (κ1) is 15.0. The van der Waals surface area contributed by atoms with Gasteiger partial charge < -0.3 is 10.6 Å². The third kappa shape index (κ3) is 3.21. The molecule has 2 rings (SSSR count). The van der Waals surface area contributed by atoms with Crippen LogP contribution >= 0.6 is 0 Å². The molecular weight excluding hydrogens is 248 g/mol. The molecular formula is C17H26N2O. The van der Waals surface area contributed by atoms with Crippen LogP contribution in [0.4, 0.5) is 5.69 Å². The van der Waals surface area contributed by atoms with Crippen LogP contribution < -0.4 is 10.6 Å². The number of hydrogen-bond donors (Lipinski definition) is 1. The molecule has 1 saturated carbocycles. The number of nitrogens with two attached hydrogens (primary N) is 1. The molecule has 0 aromatic heterocycles. The Morgan fingerprint density at radius 3 is 2.25 bits per heavy atom.